The van der Waals surface area contributed by atoms with Crippen molar-refractivity contribution in [1.82, 2.24) is 4.90 Å². The third-order valence-corrected chi connectivity index (χ3v) is 3.53. The average Bonchev–Trinajstić information content (AvgIpc) is 2.45. The number of ether oxygens (including phenoxy) is 1. The summed E-state index contributed by atoms with van der Waals surface area (Å²) >= 11 is 5.73. The van der Waals surface area contributed by atoms with Crippen LogP contribution in [0.5, 0.6) is 5.75 Å². The largest absolute Gasteiger partial charge is 0.482 e. The summed E-state index contributed by atoms with van der Waals surface area (Å²) in [4.78, 5) is 3.88. The SMILES string of the molecule is Fc1ccc(N2CCN(CCl)CC2)c(OCC(F)(F)F)c1. The molecule has 0 saturated carbocycles. The number of anilines is 1. The van der Waals surface area contributed by atoms with Gasteiger partial charge in [-0.25, -0.2) is 4.39 Å². The summed E-state index contributed by atoms with van der Waals surface area (Å²) < 4.78 is 54.8. The van der Waals surface area contributed by atoms with Crippen molar-refractivity contribution in [3.8, 4) is 5.75 Å². The van der Waals surface area contributed by atoms with Crippen molar-refractivity contribution in [3.63, 3.8) is 0 Å². The first-order chi connectivity index (χ1) is 9.89. The van der Waals surface area contributed by atoms with Crippen molar-refractivity contribution in [1.29, 1.82) is 0 Å². The molecule has 8 heteroatoms. The number of benzene rings is 1. The van der Waals surface area contributed by atoms with Crippen LogP contribution in [-0.4, -0.2) is 49.9 Å². The van der Waals surface area contributed by atoms with E-state index in [9.17, 15) is 17.6 Å². The number of alkyl halides is 4. The summed E-state index contributed by atoms with van der Waals surface area (Å²) in [5, 5.41) is 0. The van der Waals surface area contributed by atoms with Gasteiger partial charge in [-0.1, -0.05) is 0 Å². The summed E-state index contributed by atoms with van der Waals surface area (Å²) in [6.07, 6.45) is -4.46. The van der Waals surface area contributed by atoms with Crippen molar-refractivity contribution in [2.45, 2.75) is 6.18 Å². The number of hydrogen-bond acceptors (Lipinski definition) is 3. The highest BCUT2D eigenvalue weighted by molar-refractivity contribution is 6.17. The van der Waals surface area contributed by atoms with Crippen LogP contribution in [-0.2, 0) is 0 Å². The predicted molar refractivity (Wildman–Crippen MR) is 72.5 cm³/mol. The zero-order valence-electron chi connectivity index (χ0n) is 11.2. The van der Waals surface area contributed by atoms with Gasteiger partial charge in [0.1, 0.15) is 11.6 Å². The molecule has 0 aromatic heterocycles. The molecule has 0 N–H and O–H groups in total. The van der Waals surface area contributed by atoms with Crippen LogP contribution in [0.3, 0.4) is 0 Å². The average molecular weight is 327 g/mol. The first-order valence-electron chi connectivity index (χ1n) is 6.41. The minimum absolute atomic E-state index is 0.0911. The van der Waals surface area contributed by atoms with Crippen LogP contribution in [0.2, 0.25) is 0 Å². The Hall–Kier alpha value is -1.21. The van der Waals surface area contributed by atoms with E-state index < -0.39 is 18.6 Å². The molecule has 21 heavy (non-hydrogen) atoms. The lowest BCUT2D eigenvalue weighted by molar-refractivity contribution is -0.153. The minimum atomic E-state index is -4.46. The van der Waals surface area contributed by atoms with E-state index in [2.05, 4.69) is 0 Å². The number of halogens is 5. The van der Waals surface area contributed by atoms with E-state index in [0.717, 1.165) is 6.07 Å². The van der Waals surface area contributed by atoms with Gasteiger partial charge in [0.05, 0.1) is 11.7 Å². The Bertz CT molecular complexity index is 476. The Kier molecular flexibility index (Phi) is 5.16. The van der Waals surface area contributed by atoms with Crippen LogP contribution in [0.25, 0.3) is 0 Å². The zero-order valence-corrected chi connectivity index (χ0v) is 11.9. The van der Waals surface area contributed by atoms with Crippen molar-refractivity contribution in [3.05, 3.63) is 24.0 Å². The van der Waals surface area contributed by atoms with Gasteiger partial charge in [0.15, 0.2) is 6.61 Å². The predicted octanol–water partition coefficient (Wildman–Crippen LogP) is 3.09. The van der Waals surface area contributed by atoms with Gasteiger partial charge in [0, 0.05) is 32.2 Å². The van der Waals surface area contributed by atoms with E-state index in [4.69, 9.17) is 16.3 Å². The topological polar surface area (TPSA) is 15.7 Å². The van der Waals surface area contributed by atoms with Crippen molar-refractivity contribution < 1.29 is 22.3 Å². The van der Waals surface area contributed by atoms with Crippen LogP contribution in [0, 0.1) is 5.82 Å². The molecule has 1 aliphatic heterocycles. The van der Waals surface area contributed by atoms with Crippen molar-refractivity contribution >= 4 is 17.3 Å². The molecule has 1 aromatic rings. The van der Waals surface area contributed by atoms with E-state index >= 15 is 0 Å². The zero-order chi connectivity index (χ0) is 15.5. The molecule has 1 heterocycles. The van der Waals surface area contributed by atoms with Crippen molar-refractivity contribution in [2.75, 3.05) is 43.7 Å². The molecular weight excluding hydrogens is 312 g/mol. The highest BCUT2D eigenvalue weighted by Gasteiger charge is 2.29. The lowest BCUT2D eigenvalue weighted by Crippen LogP contribution is -2.46. The molecule has 0 unspecified atom stereocenters. The second kappa shape index (κ2) is 6.70. The van der Waals surface area contributed by atoms with Gasteiger partial charge < -0.3 is 9.64 Å². The highest BCUT2D eigenvalue weighted by atomic mass is 35.5. The summed E-state index contributed by atoms with van der Waals surface area (Å²) in [6.45, 7) is 1.14. The molecule has 1 aliphatic rings. The lowest BCUT2D eigenvalue weighted by atomic mass is 10.2. The van der Waals surface area contributed by atoms with Gasteiger partial charge in [-0.3, -0.25) is 4.90 Å². The number of piperazine rings is 1. The normalized spacial score (nSPS) is 17.1. The molecule has 0 amide bonds. The summed E-state index contributed by atoms with van der Waals surface area (Å²) in [5.41, 5.74) is 0.467. The second-order valence-electron chi connectivity index (χ2n) is 4.74. The van der Waals surface area contributed by atoms with Crippen molar-refractivity contribution in [2.24, 2.45) is 0 Å². The van der Waals surface area contributed by atoms with E-state index in [-0.39, 0.29) is 5.75 Å². The van der Waals surface area contributed by atoms with Gasteiger partial charge in [0.2, 0.25) is 0 Å². The monoisotopic (exact) mass is 326 g/mol. The molecule has 0 radical (unpaired) electrons. The Morgan fingerprint density at radius 1 is 1.14 bits per heavy atom. The lowest BCUT2D eigenvalue weighted by Gasteiger charge is -2.35. The molecule has 1 fully saturated rings. The van der Waals surface area contributed by atoms with Crippen LogP contribution in [0.1, 0.15) is 0 Å². The maximum absolute atomic E-state index is 13.2. The minimum Gasteiger partial charge on any atom is -0.482 e. The van der Waals surface area contributed by atoms with Gasteiger partial charge in [-0.2, -0.15) is 13.2 Å². The highest BCUT2D eigenvalue weighted by Crippen LogP contribution is 2.31. The van der Waals surface area contributed by atoms with E-state index in [1.165, 1.54) is 12.1 Å². The fraction of sp³-hybridized carbons (Fsp3) is 0.538. The fourth-order valence-electron chi connectivity index (χ4n) is 2.13. The molecule has 1 aromatic carbocycles. The van der Waals surface area contributed by atoms with E-state index in [1.54, 1.807) is 0 Å². The maximum Gasteiger partial charge on any atom is 0.422 e. The Labute approximate surface area is 125 Å². The smallest absolute Gasteiger partial charge is 0.422 e. The molecule has 0 atom stereocenters. The summed E-state index contributed by atoms with van der Waals surface area (Å²) in [5.74, 6) is -0.720. The quantitative estimate of drug-likeness (QED) is 0.480. The third kappa shape index (κ3) is 4.64. The number of nitrogens with zero attached hydrogens (tertiary/aromatic N) is 2. The van der Waals surface area contributed by atoms with E-state index in [0.29, 0.717) is 37.9 Å². The molecule has 0 aliphatic carbocycles. The van der Waals surface area contributed by atoms with Crippen LogP contribution < -0.4 is 9.64 Å². The van der Waals surface area contributed by atoms with Gasteiger partial charge in [-0.15, -0.1) is 11.6 Å². The molecule has 1 saturated heterocycles. The molecule has 0 bridgehead atoms. The molecule has 3 nitrogen and oxygen atoms in total. The second-order valence-corrected chi connectivity index (χ2v) is 4.98. The first-order valence-corrected chi connectivity index (χ1v) is 6.95. The Morgan fingerprint density at radius 3 is 2.38 bits per heavy atom. The molecular formula is C13H15ClF4N2O. The Balaban J connectivity index is 2.11. The van der Waals surface area contributed by atoms with Gasteiger partial charge in [0.25, 0.3) is 0 Å². The molecule has 118 valence electrons. The van der Waals surface area contributed by atoms with Gasteiger partial charge in [-0.05, 0) is 12.1 Å². The molecule has 0 spiro atoms. The van der Waals surface area contributed by atoms with E-state index in [1.807, 2.05) is 9.80 Å². The standard InChI is InChI=1S/C13H15ClF4N2O/c14-9-19-3-5-20(6-4-19)11-2-1-10(15)7-12(11)21-8-13(16,17)18/h1-2,7H,3-6,8-9H2. The molecule has 2 rings (SSSR count). The van der Waals surface area contributed by atoms with Crippen LogP contribution in [0.4, 0.5) is 23.2 Å². The third-order valence-electron chi connectivity index (χ3n) is 3.20. The first kappa shape index (κ1) is 16.2. The number of hydrogen-bond donors (Lipinski definition) is 0. The Morgan fingerprint density at radius 2 is 1.81 bits per heavy atom. The number of rotatable bonds is 4. The van der Waals surface area contributed by atoms with Gasteiger partial charge >= 0.3 is 6.18 Å². The summed E-state index contributed by atoms with van der Waals surface area (Å²) in [7, 11) is 0. The van der Waals surface area contributed by atoms with Crippen LogP contribution in [0.15, 0.2) is 18.2 Å². The maximum atomic E-state index is 13.2. The summed E-state index contributed by atoms with van der Waals surface area (Å²) in [6, 6.07) is 4.05. The van der Waals surface area contributed by atoms with Crippen LogP contribution >= 0.6 is 11.6 Å². The fourth-order valence-corrected chi connectivity index (χ4v) is 2.37.